The highest BCUT2D eigenvalue weighted by molar-refractivity contribution is 5.95. The first-order chi connectivity index (χ1) is 17.1. The van der Waals surface area contributed by atoms with Crippen LogP contribution in [0.1, 0.15) is 37.4 Å². The van der Waals surface area contributed by atoms with Gasteiger partial charge in [-0.25, -0.2) is 0 Å². The minimum atomic E-state index is -0.650. The summed E-state index contributed by atoms with van der Waals surface area (Å²) in [6, 6.07) is 14.1. The van der Waals surface area contributed by atoms with Gasteiger partial charge in [0.25, 0.3) is 0 Å². The van der Waals surface area contributed by atoms with E-state index in [2.05, 4.69) is 21.9 Å². The highest BCUT2D eigenvalue weighted by atomic mass is 16.5. The zero-order chi connectivity index (χ0) is 24.4. The predicted molar refractivity (Wildman–Crippen MR) is 134 cm³/mol. The number of aromatic hydroxyl groups is 1. The molecule has 2 aromatic carbocycles. The first-order valence-electron chi connectivity index (χ1n) is 12.2. The molecule has 0 amide bonds. The molecule has 0 aliphatic carbocycles. The lowest BCUT2D eigenvalue weighted by atomic mass is 9.94. The molecule has 1 fully saturated rings. The number of fused-ring (bicyclic) bond motifs is 2. The number of benzene rings is 2. The predicted octanol–water partition coefficient (Wildman–Crippen LogP) is 3.99. The molecule has 0 saturated carbocycles. The second-order valence-electron chi connectivity index (χ2n) is 9.39. The first kappa shape index (κ1) is 22.9. The molecular formula is C27H29N5O3. The van der Waals surface area contributed by atoms with E-state index in [1.165, 1.54) is 0 Å². The molecule has 0 unspecified atom stereocenters. The van der Waals surface area contributed by atoms with Crippen LogP contribution in [0.15, 0.2) is 36.4 Å². The summed E-state index contributed by atoms with van der Waals surface area (Å²) < 4.78 is 5.74. The zero-order valence-electron chi connectivity index (χ0n) is 19.9. The van der Waals surface area contributed by atoms with Crippen LogP contribution < -0.4 is 14.5 Å². The van der Waals surface area contributed by atoms with Crippen LogP contribution in [0.25, 0.3) is 10.8 Å². The van der Waals surface area contributed by atoms with Gasteiger partial charge in [-0.05, 0) is 43.6 Å². The summed E-state index contributed by atoms with van der Waals surface area (Å²) in [5.74, 6) is 1.40. The number of carbonyl (C=O) groups excluding carboxylic acids is 1. The normalized spacial score (nSPS) is 18.6. The number of ether oxygens (including phenoxy) is 1. The Kier molecular flexibility index (Phi) is 6.41. The third-order valence-electron chi connectivity index (χ3n) is 6.87. The summed E-state index contributed by atoms with van der Waals surface area (Å²) in [6.07, 6.45) is 3.42. The third-order valence-corrected chi connectivity index (χ3v) is 6.87. The molecule has 180 valence electrons. The van der Waals surface area contributed by atoms with E-state index in [1.807, 2.05) is 18.2 Å². The number of hydrogen-bond donors (Lipinski definition) is 1. The first-order valence-corrected chi connectivity index (χ1v) is 12.2. The number of carbonyl (C=O) groups is 1. The van der Waals surface area contributed by atoms with E-state index in [0.29, 0.717) is 18.9 Å². The molecule has 3 heterocycles. The van der Waals surface area contributed by atoms with E-state index in [1.54, 1.807) is 19.1 Å². The van der Waals surface area contributed by atoms with Gasteiger partial charge in [-0.15, -0.1) is 0 Å². The minimum Gasteiger partial charge on any atom is -0.508 e. The average molecular weight is 472 g/mol. The summed E-state index contributed by atoms with van der Waals surface area (Å²) >= 11 is 0. The number of aromatic nitrogens is 2. The Labute approximate surface area is 204 Å². The van der Waals surface area contributed by atoms with Crippen LogP contribution in [0.5, 0.6) is 11.8 Å². The van der Waals surface area contributed by atoms with Gasteiger partial charge in [0.1, 0.15) is 11.6 Å². The van der Waals surface area contributed by atoms with Crippen LogP contribution in [0.2, 0.25) is 0 Å². The molecule has 1 saturated heterocycles. The number of nitriles is 1. The van der Waals surface area contributed by atoms with E-state index in [4.69, 9.17) is 14.7 Å². The van der Waals surface area contributed by atoms with Crippen LogP contribution in [0.4, 0.5) is 11.5 Å². The molecule has 5 rings (SSSR count). The van der Waals surface area contributed by atoms with E-state index in [9.17, 15) is 15.2 Å². The van der Waals surface area contributed by atoms with Crippen molar-refractivity contribution in [3.05, 3.63) is 47.7 Å². The second kappa shape index (κ2) is 9.79. The minimum absolute atomic E-state index is 0.198. The number of phenolic OH excluding ortho intramolecular Hbond substituents is 1. The molecule has 35 heavy (non-hydrogen) atoms. The average Bonchev–Trinajstić information content (AvgIpc) is 2.87. The number of rotatable bonds is 6. The van der Waals surface area contributed by atoms with Crippen LogP contribution in [0, 0.1) is 17.2 Å². The molecular weight excluding hydrogens is 442 g/mol. The molecule has 0 bridgehead atoms. The van der Waals surface area contributed by atoms with Gasteiger partial charge in [-0.3, -0.25) is 4.79 Å². The van der Waals surface area contributed by atoms with Gasteiger partial charge in [0, 0.05) is 48.8 Å². The van der Waals surface area contributed by atoms with Crippen LogP contribution in [0.3, 0.4) is 0 Å². The summed E-state index contributed by atoms with van der Waals surface area (Å²) in [4.78, 5) is 25.2. The SMILES string of the molecule is C[C@H](C=O)Oc1nc2c(c(N3CCC[C@@H](CC#N)C3)n1)CCN(c1cc(O)cc3ccccc13)C2. The Morgan fingerprint density at radius 3 is 2.94 bits per heavy atom. The summed E-state index contributed by atoms with van der Waals surface area (Å²) in [5.41, 5.74) is 2.92. The fourth-order valence-corrected chi connectivity index (χ4v) is 5.19. The van der Waals surface area contributed by atoms with Crippen LogP contribution >= 0.6 is 0 Å². The molecule has 3 aromatic rings. The van der Waals surface area contributed by atoms with Crippen LogP contribution in [-0.4, -0.2) is 47.1 Å². The lowest BCUT2D eigenvalue weighted by molar-refractivity contribution is -0.113. The molecule has 2 aliphatic heterocycles. The lowest BCUT2D eigenvalue weighted by Gasteiger charge is -2.37. The fourth-order valence-electron chi connectivity index (χ4n) is 5.19. The molecule has 1 N–H and O–H groups in total. The van der Waals surface area contributed by atoms with Gasteiger partial charge in [-0.1, -0.05) is 24.3 Å². The summed E-state index contributed by atoms with van der Waals surface area (Å²) in [6.45, 7) is 4.62. The maximum absolute atomic E-state index is 11.2. The third kappa shape index (κ3) is 4.72. The van der Waals surface area contributed by atoms with Crippen molar-refractivity contribution in [2.45, 2.75) is 45.3 Å². The molecule has 8 heteroatoms. The van der Waals surface area contributed by atoms with Crippen molar-refractivity contribution in [1.29, 1.82) is 5.26 Å². The molecule has 2 atom stereocenters. The quantitative estimate of drug-likeness (QED) is 0.538. The Bertz CT molecular complexity index is 1290. The Morgan fingerprint density at radius 1 is 1.26 bits per heavy atom. The van der Waals surface area contributed by atoms with Crippen molar-refractivity contribution in [3.63, 3.8) is 0 Å². The smallest absolute Gasteiger partial charge is 0.319 e. The zero-order valence-corrected chi connectivity index (χ0v) is 19.9. The van der Waals surface area contributed by atoms with Crippen LogP contribution in [-0.2, 0) is 17.8 Å². The van der Waals surface area contributed by atoms with Gasteiger partial charge >= 0.3 is 6.01 Å². The van der Waals surface area contributed by atoms with E-state index >= 15 is 0 Å². The molecule has 0 spiro atoms. The Balaban J connectivity index is 1.53. The monoisotopic (exact) mass is 471 g/mol. The van der Waals surface area contributed by atoms with E-state index in [-0.39, 0.29) is 11.8 Å². The highest BCUT2D eigenvalue weighted by Gasteiger charge is 2.29. The molecule has 2 aliphatic rings. The maximum atomic E-state index is 11.2. The van der Waals surface area contributed by atoms with Crippen molar-refractivity contribution in [2.75, 3.05) is 29.4 Å². The van der Waals surface area contributed by atoms with Crippen molar-refractivity contribution >= 4 is 28.6 Å². The Morgan fingerprint density at radius 2 is 2.11 bits per heavy atom. The maximum Gasteiger partial charge on any atom is 0.319 e. The van der Waals surface area contributed by atoms with Crippen molar-refractivity contribution in [2.24, 2.45) is 5.92 Å². The number of hydrogen-bond acceptors (Lipinski definition) is 8. The summed E-state index contributed by atoms with van der Waals surface area (Å²) in [7, 11) is 0. The van der Waals surface area contributed by atoms with Gasteiger partial charge in [-0.2, -0.15) is 15.2 Å². The number of piperidine rings is 1. The lowest BCUT2D eigenvalue weighted by Crippen LogP contribution is -2.39. The van der Waals surface area contributed by atoms with E-state index < -0.39 is 6.10 Å². The van der Waals surface area contributed by atoms with E-state index in [0.717, 1.165) is 78.7 Å². The van der Waals surface area contributed by atoms with Gasteiger partial charge in [0.05, 0.1) is 18.3 Å². The molecule has 8 nitrogen and oxygen atoms in total. The summed E-state index contributed by atoms with van der Waals surface area (Å²) in [5, 5.41) is 21.6. The fraction of sp³-hybridized carbons (Fsp3) is 0.407. The Hall–Kier alpha value is -3.86. The highest BCUT2D eigenvalue weighted by Crippen LogP contribution is 2.37. The van der Waals surface area contributed by atoms with Gasteiger partial charge < -0.3 is 19.6 Å². The number of phenols is 1. The number of anilines is 2. The van der Waals surface area contributed by atoms with Crippen molar-refractivity contribution < 1.29 is 14.6 Å². The van der Waals surface area contributed by atoms with Gasteiger partial charge in [0.2, 0.25) is 0 Å². The molecule has 0 radical (unpaired) electrons. The molecule has 1 aromatic heterocycles. The topological polar surface area (TPSA) is 103 Å². The number of aldehydes is 1. The standard InChI is InChI=1S/C27H29N5O3/c1-18(17-33)35-27-29-24-16-31(25-14-21(34)13-20-6-2-3-7-22(20)25)12-9-23(24)26(30-27)32-11-4-5-19(15-32)8-10-28/h2-3,6-7,13-14,17-19,34H,4-5,8-9,11-12,15-16H2,1H3/t18-,19+/m1/s1. The van der Waals surface area contributed by atoms with Gasteiger partial charge in [0.15, 0.2) is 12.4 Å². The second-order valence-corrected chi connectivity index (χ2v) is 9.39. The number of nitrogens with zero attached hydrogens (tertiary/aromatic N) is 5. The van der Waals surface area contributed by atoms with Crippen molar-refractivity contribution in [1.82, 2.24) is 9.97 Å². The van der Waals surface area contributed by atoms with Crippen molar-refractivity contribution in [3.8, 4) is 17.8 Å². The largest absolute Gasteiger partial charge is 0.508 e.